The Balaban J connectivity index is 1.51. The van der Waals surface area contributed by atoms with Gasteiger partial charge in [0.05, 0.1) is 0 Å². The fraction of sp³-hybridized carbons (Fsp3) is 0.524. The van der Waals surface area contributed by atoms with E-state index in [9.17, 15) is 19.5 Å². The number of ether oxygens (including phenoxy) is 1. The highest BCUT2D eigenvalue weighted by Gasteiger charge is 2.34. The number of nitrogens with zero attached hydrogens (tertiary/aromatic N) is 2. The number of carboxylic acid groups (broad SMARTS) is 1. The lowest BCUT2D eigenvalue weighted by Crippen LogP contribution is -2.45. The molecule has 2 heterocycles. The van der Waals surface area contributed by atoms with Crippen molar-refractivity contribution in [1.29, 1.82) is 0 Å². The summed E-state index contributed by atoms with van der Waals surface area (Å²) in [5, 5.41) is 20.8. The zero-order valence-corrected chi connectivity index (χ0v) is 17.0. The topological polar surface area (TPSA) is 129 Å². The molecule has 1 fully saturated rings. The van der Waals surface area contributed by atoms with Crippen LogP contribution in [0.25, 0.3) is 0 Å². The van der Waals surface area contributed by atoms with Gasteiger partial charge in [-0.1, -0.05) is 6.07 Å². The molecule has 9 heteroatoms. The highest BCUT2D eigenvalue weighted by molar-refractivity contribution is 6.19. The molecule has 3 rings (SSSR count). The second kappa shape index (κ2) is 9.60. The molecule has 1 saturated carbocycles. The number of aryl methyl sites for hydroxylation is 1. The SMILES string of the molecule is Cc1ccc(OC2CCC(CN3CCC(O)=C(C(=O)NCC(=O)O)C3=O)CC2)nc1. The van der Waals surface area contributed by atoms with E-state index in [0.29, 0.717) is 19.0 Å². The molecule has 0 unspecified atom stereocenters. The number of rotatable bonds is 7. The molecule has 0 atom stereocenters. The van der Waals surface area contributed by atoms with Gasteiger partial charge >= 0.3 is 5.97 Å². The second-order valence-corrected chi connectivity index (χ2v) is 7.83. The zero-order valence-electron chi connectivity index (χ0n) is 17.0. The summed E-state index contributed by atoms with van der Waals surface area (Å²) in [5.74, 6) is -2.02. The van der Waals surface area contributed by atoms with E-state index in [1.54, 1.807) is 11.1 Å². The predicted molar refractivity (Wildman–Crippen MR) is 107 cm³/mol. The van der Waals surface area contributed by atoms with Gasteiger partial charge in [-0.3, -0.25) is 14.4 Å². The molecule has 0 bridgehead atoms. The highest BCUT2D eigenvalue weighted by atomic mass is 16.5. The average molecular weight is 417 g/mol. The largest absolute Gasteiger partial charge is 0.511 e. The van der Waals surface area contributed by atoms with Crippen LogP contribution in [0.1, 0.15) is 37.7 Å². The summed E-state index contributed by atoms with van der Waals surface area (Å²) in [7, 11) is 0. The van der Waals surface area contributed by atoms with E-state index in [2.05, 4.69) is 10.3 Å². The number of carbonyl (C=O) groups excluding carboxylic acids is 2. The van der Waals surface area contributed by atoms with Gasteiger partial charge < -0.3 is 25.2 Å². The van der Waals surface area contributed by atoms with E-state index in [4.69, 9.17) is 9.84 Å². The van der Waals surface area contributed by atoms with Crippen molar-refractivity contribution >= 4 is 17.8 Å². The van der Waals surface area contributed by atoms with Crippen LogP contribution in [0.3, 0.4) is 0 Å². The monoisotopic (exact) mass is 417 g/mol. The van der Waals surface area contributed by atoms with Gasteiger partial charge in [0, 0.05) is 31.8 Å². The Hall–Kier alpha value is -3.10. The molecular formula is C21H27N3O6. The number of aliphatic carboxylic acids is 1. The number of carbonyl (C=O) groups is 3. The van der Waals surface area contributed by atoms with Crippen molar-refractivity contribution < 1.29 is 29.3 Å². The molecule has 1 aliphatic carbocycles. The van der Waals surface area contributed by atoms with Crippen molar-refractivity contribution in [3.63, 3.8) is 0 Å². The van der Waals surface area contributed by atoms with E-state index >= 15 is 0 Å². The van der Waals surface area contributed by atoms with Crippen LogP contribution in [0.2, 0.25) is 0 Å². The van der Waals surface area contributed by atoms with Crippen LogP contribution < -0.4 is 10.1 Å². The minimum Gasteiger partial charge on any atom is -0.511 e. The minimum absolute atomic E-state index is 0.0924. The molecule has 2 aliphatic rings. The van der Waals surface area contributed by atoms with Crippen LogP contribution in [0.4, 0.5) is 0 Å². The van der Waals surface area contributed by atoms with E-state index in [0.717, 1.165) is 31.2 Å². The van der Waals surface area contributed by atoms with Crippen LogP contribution in [0.15, 0.2) is 29.7 Å². The lowest BCUT2D eigenvalue weighted by molar-refractivity contribution is -0.138. The number of aliphatic hydroxyl groups excluding tert-OH is 1. The molecule has 30 heavy (non-hydrogen) atoms. The number of hydrogen-bond acceptors (Lipinski definition) is 6. The number of hydrogen-bond donors (Lipinski definition) is 3. The van der Waals surface area contributed by atoms with Crippen molar-refractivity contribution in [2.45, 2.75) is 45.1 Å². The van der Waals surface area contributed by atoms with Gasteiger partial charge in [-0.2, -0.15) is 0 Å². The summed E-state index contributed by atoms with van der Waals surface area (Å²) in [6, 6.07) is 3.83. The van der Waals surface area contributed by atoms with Gasteiger partial charge in [-0.15, -0.1) is 0 Å². The fourth-order valence-corrected chi connectivity index (χ4v) is 3.83. The summed E-state index contributed by atoms with van der Waals surface area (Å²) in [6.45, 7) is 2.20. The molecule has 0 radical (unpaired) electrons. The number of aliphatic hydroxyl groups is 1. The van der Waals surface area contributed by atoms with Crippen molar-refractivity contribution in [3.05, 3.63) is 35.2 Å². The number of nitrogens with one attached hydrogen (secondary N) is 1. The quantitative estimate of drug-likeness (QED) is 0.574. The molecule has 3 N–H and O–H groups in total. The summed E-state index contributed by atoms with van der Waals surface area (Å²) < 4.78 is 5.95. The first-order valence-electron chi connectivity index (χ1n) is 10.1. The van der Waals surface area contributed by atoms with Crippen molar-refractivity contribution in [2.24, 2.45) is 5.92 Å². The summed E-state index contributed by atoms with van der Waals surface area (Å²) in [4.78, 5) is 41.3. The molecule has 1 aromatic heterocycles. The van der Waals surface area contributed by atoms with Gasteiger partial charge in [0.25, 0.3) is 11.8 Å². The Morgan fingerprint density at radius 3 is 2.63 bits per heavy atom. The maximum Gasteiger partial charge on any atom is 0.322 e. The molecule has 1 aromatic rings. The van der Waals surface area contributed by atoms with Crippen LogP contribution >= 0.6 is 0 Å². The van der Waals surface area contributed by atoms with Crippen molar-refractivity contribution in [2.75, 3.05) is 19.6 Å². The van der Waals surface area contributed by atoms with Crippen LogP contribution in [-0.4, -0.2) is 63.6 Å². The lowest BCUT2D eigenvalue weighted by atomic mass is 9.86. The lowest BCUT2D eigenvalue weighted by Gasteiger charge is -2.34. The fourth-order valence-electron chi connectivity index (χ4n) is 3.83. The van der Waals surface area contributed by atoms with E-state index in [-0.39, 0.29) is 29.8 Å². The van der Waals surface area contributed by atoms with Crippen LogP contribution in [-0.2, 0) is 14.4 Å². The smallest absolute Gasteiger partial charge is 0.322 e. The Kier molecular flexibility index (Phi) is 6.91. The summed E-state index contributed by atoms with van der Waals surface area (Å²) >= 11 is 0. The first-order chi connectivity index (χ1) is 14.3. The van der Waals surface area contributed by atoms with E-state index < -0.39 is 24.3 Å². The van der Waals surface area contributed by atoms with E-state index in [1.807, 2.05) is 19.1 Å². The molecular weight excluding hydrogens is 390 g/mol. The Labute approximate surface area is 174 Å². The molecule has 9 nitrogen and oxygen atoms in total. The van der Waals surface area contributed by atoms with Crippen LogP contribution in [0.5, 0.6) is 5.88 Å². The van der Waals surface area contributed by atoms with E-state index in [1.165, 1.54) is 0 Å². The third kappa shape index (κ3) is 5.49. The number of pyridine rings is 1. The highest BCUT2D eigenvalue weighted by Crippen LogP contribution is 2.29. The third-order valence-corrected chi connectivity index (χ3v) is 5.48. The Morgan fingerprint density at radius 1 is 1.27 bits per heavy atom. The van der Waals surface area contributed by atoms with Gasteiger partial charge in [0.1, 0.15) is 24.0 Å². The van der Waals surface area contributed by atoms with Crippen molar-refractivity contribution in [3.8, 4) is 5.88 Å². The van der Waals surface area contributed by atoms with Gasteiger partial charge in [0.15, 0.2) is 0 Å². The zero-order chi connectivity index (χ0) is 21.7. The summed E-state index contributed by atoms with van der Waals surface area (Å²) in [6.07, 6.45) is 5.53. The normalized spacial score (nSPS) is 22.0. The predicted octanol–water partition coefficient (Wildman–Crippen LogP) is 1.57. The first kappa shape index (κ1) is 21.6. The standard InChI is InChI=1S/C21H27N3O6/c1-13-2-7-17(22-10-13)30-15-5-3-14(4-6-15)12-24-9-8-16(25)19(21(24)29)20(28)23-11-18(26)27/h2,7,10,14-15,25H,3-6,8-9,11-12H2,1H3,(H,23,28)(H,26,27). The van der Waals surface area contributed by atoms with Gasteiger partial charge in [-0.05, 0) is 44.1 Å². The van der Waals surface area contributed by atoms with Crippen LogP contribution in [0, 0.1) is 12.8 Å². The number of carboxylic acids is 1. The number of aromatic nitrogens is 1. The second-order valence-electron chi connectivity index (χ2n) is 7.83. The van der Waals surface area contributed by atoms with Crippen molar-refractivity contribution in [1.82, 2.24) is 15.2 Å². The maximum absolute atomic E-state index is 12.7. The van der Waals surface area contributed by atoms with Gasteiger partial charge in [0.2, 0.25) is 5.88 Å². The molecule has 0 aromatic carbocycles. The Morgan fingerprint density at radius 2 is 2.00 bits per heavy atom. The maximum atomic E-state index is 12.7. The average Bonchev–Trinajstić information content (AvgIpc) is 2.72. The number of amides is 2. The third-order valence-electron chi connectivity index (χ3n) is 5.48. The summed E-state index contributed by atoms with van der Waals surface area (Å²) in [5.41, 5.74) is 0.721. The molecule has 2 amide bonds. The Bertz CT molecular complexity index is 828. The molecule has 1 aliphatic heterocycles. The van der Waals surface area contributed by atoms with Gasteiger partial charge in [-0.25, -0.2) is 4.98 Å². The minimum atomic E-state index is -1.22. The molecule has 0 saturated heterocycles. The molecule has 0 spiro atoms. The first-order valence-corrected chi connectivity index (χ1v) is 10.1. The molecule has 162 valence electrons.